The van der Waals surface area contributed by atoms with Crippen molar-refractivity contribution in [3.63, 3.8) is 0 Å². The van der Waals surface area contributed by atoms with Gasteiger partial charge in [-0.2, -0.15) is 0 Å². The van der Waals surface area contributed by atoms with Crippen molar-refractivity contribution < 1.29 is 0 Å². The van der Waals surface area contributed by atoms with Crippen LogP contribution in [0.5, 0.6) is 0 Å². The van der Waals surface area contributed by atoms with Crippen LogP contribution in [0.2, 0.25) is 0 Å². The van der Waals surface area contributed by atoms with Gasteiger partial charge in [0, 0.05) is 18.6 Å². The molecule has 1 saturated heterocycles. The van der Waals surface area contributed by atoms with E-state index in [1.54, 1.807) is 0 Å². The van der Waals surface area contributed by atoms with Crippen LogP contribution in [-0.4, -0.2) is 55.6 Å². The first-order valence-corrected chi connectivity index (χ1v) is 8.13. The highest BCUT2D eigenvalue weighted by Gasteiger charge is 2.32. The van der Waals surface area contributed by atoms with E-state index in [2.05, 4.69) is 30.8 Å². The van der Waals surface area contributed by atoms with Gasteiger partial charge in [-0.1, -0.05) is 19.8 Å². The summed E-state index contributed by atoms with van der Waals surface area (Å²) in [4.78, 5) is 4.96. The Labute approximate surface area is 119 Å². The molecule has 0 radical (unpaired) electrons. The molecule has 0 aromatic rings. The largest absolute Gasteiger partial charge is 0.324 e. The Morgan fingerprint density at radius 1 is 1.26 bits per heavy atom. The lowest BCUT2D eigenvalue weighted by Gasteiger charge is -2.41. The Kier molecular flexibility index (Phi) is 5.27. The minimum atomic E-state index is 0.0812. The van der Waals surface area contributed by atoms with Crippen molar-refractivity contribution in [2.45, 2.75) is 51.0 Å². The Hall–Kier alpha value is -0.120. The molecule has 0 aromatic heterocycles. The smallest absolute Gasteiger partial charge is 0.0285 e. The maximum Gasteiger partial charge on any atom is 0.0285 e. The van der Waals surface area contributed by atoms with Crippen molar-refractivity contribution in [3.8, 4) is 0 Å². The molecular weight excluding hydrogens is 234 g/mol. The molecular formula is C16H33N3. The number of piperidine rings is 1. The van der Waals surface area contributed by atoms with Crippen LogP contribution in [0.3, 0.4) is 0 Å². The summed E-state index contributed by atoms with van der Waals surface area (Å²) in [5, 5.41) is 0. The number of rotatable bonds is 4. The molecule has 1 heterocycles. The average Bonchev–Trinajstić information content (AvgIpc) is 2.31. The lowest BCUT2D eigenvalue weighted by atomic mass is 9.76. The third kappa shape index (κ3) is 4.73. The van der Waals surface area contributed by atoms with E-state index in [0.717, 1.165) is 18.4 Å². The predicted octanol–water partition coefficient (Wildman–Crippen LogP) is 2.17. The normalized spacial score (nSPS) is 34.9. The third-order valence-electron chi connectivity index (χ3n) is 5.12. The summed E-state index contributed by atoms with van der Waals surface area (Å²) in [7, 11) is 4.50. The molecule has 19 heavy (non-hydrogen) atoms. The van der Waals surface area contributed by atoms with Crippen molar-refractivity contribution in [3.05, 3.63) is 0 Å². The van der Waals surface area contributed by atoms with E-state index < -0.39 is 0 Å². The molecule has 2 rings (SSSR count). The van der Waals surface area contributed by atoms with Crippen molar-refractivity contribution in [1.29, 1.82) is 0 Å². The molecule has 1 aliphatic heterocycles. The summed E-state index contributed by atoms with van der Waals surface area (Å²) < 4.78 is 0. The molecule has 0 amide bonds. The van der Waals surface area contributed by atoms with E-state index in [-0.39, 0.29) is 5.54 Å². The van der Waals surface area contributed by atoms with Gasteiger partial charge in [-0.05, 0) is 64.7 Å². The van der Waals surface area contributed by atoms with Crippen LogP contribution in [0.1, 0.15) is 45.4 Å². The van der Waals surface area contributed by atoms with E-state index in [0.29, 0.717) is 0 Å². The minimum absolute atomic E-state index is 0.0812. The van der Waals surface area contributed by atoms with E-state index in [1.807, 2.05) is 0 Å². The monoisotopic (exact) mass is 267 g/mol. The fraction of sp³-hybridized carbons (Fsp3) is 1.00. The van der Waals surface area contributed by atoms with Gasteiger partial charge in [0.05, 0.1) is 0 Å². The molecule has 2 fully saturated rings. The van der Waals surface area contributed by atoms with Crippen LogP contribution in [-0.2, 0) is 0 Å². The van der Waals surface area contributed by atoms with Crippen molar-refractivity contribution in [1.82, 2.24) is 9.80 Å². The van der Waals surface area contributed by atoms with Crippen molar-refractivity contribution >= 4 is 0 Å². The maximum absolute atomic E-state index is 6.63. The first-order chi connectivity index (χ1) is 8.97. The first-order valence-electron chi connectivity index (χ1n) is 8.13. The Morgan fingerprint density at radius 2 is 1.95 bits per heavy atom. The van der Waals surface area contributed by atoms with Crippen LogP contribution in [0, 0.1) is 11.8 Å². The molecule has 112 valence electrons. The van der Waals surface area contributed by atoms with Crippen LogP contribution in [0.25, 0.3) is 0 Å². The van der Waals surface area contributed by atoms with Crippen LogP contribution in [0.4, 0.5) is 0 Å². The van der Waals surface area contributed by atoms with Crippen LogP contribution in [0.15, 0.2) is 0 Å². The second-order valence-electron chi connectivity index (χ2n) is 7.51. The molecule has 1 saturated carbocycles. The number of hydrogen-bond acceptors (Lipinski definition) is 3. The number of likely N-dealkylation sites (N-methyl/N-ethyl adjacent to an activating group) is 1. The summed E-state index contributed by atoms with van der Waals surface area (Å²) in [5.41, 5.74) is 6.71. The molecule has 2 aliphatic rings. The zero-order valence-electron chi connectivity index (χ0n) is 13.2. The molecule has 0 bridgehead atoms. The van der Waals surface area contributed by atoms with Gasteiger partial charge in [0.1, 0.15) is 0 Å². The average molecular weight is 267 g/mol. The van der Waals surface area contributed by atoms with Crippen molar-refractivity contribution in [2.24, 2.45) is 17.6 Å². The Balaban J connectivity index is 1.75. The second-order valence-corrected chi connectivity index (χ2v) is 7.51. The minimum Gasteiger partial charge on any atom is -0.324 e. The third-order valence-corrected chi connectivity index (χ3v) is 5.12. The highest BCUT2D eigenvalue weighted by Crippen LogP contribution is 2.31. The molecule has 2 N–H and O–H groups in total. The van der Waals surface area contributed by atoms with Gasteiger partial charge in [0.2, 0.25) is 0 Å². The highest BCUT2D eigenvalue weighted by atomic mass is 15.1. The van der Waals surface area contributed by atoms with E-state index >= 15 is 0 Å². The predicted molar refractivity (Wildman–Crippen MR) is 82.3 cm³/mol. The lowest BCUT2D eigenvalue weighted by Crippen LogP contribution is -2.52. The number of nitrogens with zero attached hydrogens (tertiary/aromatic N) is 2. The first kappa shape index (κ1) is 15.3. The zero-order valence-corrected chi connectivity index (χ0v) is 13.2. The van der Waals surface area contributed by atoms with Gasteiger partial charge >= 0.3 is 0 Å². The van der Waals surface area contributed by atoms with Gasteiger partial charge in [0.25, 0.3) is 0 Å². The summed E-state index contributed by atoms with van der Waals surface area (Å²) in [6.45, 7) is 7.22. The highest BCUT2D eigenvalue weighted by molar-refractivity contribution is 4.92. The second kappa shape index (κ2) is 6.55. The molecule has 2 unspecified atom stereocenters. The summed E-state index contributed by atoms with van der Waals surface area (Å²) in [6.07, 6.45) is 7.83. The van der Waals surface area contributed by atoms with E-state index in [1.165, 1.54) is 58.2 Å². The van der Waals surface area contributed by atoms with Crippen molar-refractivity contribution in [2.75, 3.05) is 40.3 Å². The zero-order chi connectivity index (χ0) is 13.9. The maximum atomic E-state index is 6.63. The standard InChI is InChI=1S/C16H33N3/c1-14-5-4-8-16(17,11-14)13-19(3)12-15-6-9-18(2)10-7-15/h14-15H,4-13,17H2,1-3H3. The van der Waals surface area contributed by atoms with Gasteiger partial charge < -0.3 is 15.5 Å². The molecule has 0 aromatic carbocycles. The summed E-state index contributed by atoms with van der Waals surface area (Å²) in [6, 6.07) is 0. The van der Waals surface area contributed by atoms with E-state index in [9.17, 15) is 0 Å². The topological polar surface area (TPSA) is 32.5 Å². The summed E-state index contributed by atoms with van der Waals surface area (Å²) in [5.74, 6) is 1.70. The quantitative estimate of drug-likeness (QED) is 0.847. The SMILES string of the molecule is CC1CCCC(N)(CN(C)CC2CCN(C)CC2)C1. The molecule has 2 atom stereocenters. The Morgan fingerprint density at radius 3 is 2.58 bits per heavy atom. The fourth-order valence-electron chi connectivity index (χ4n) is 4.13. The molecule has 0 spiro atoms. The van der Waals surface area contributed by atoms with Crippen LogP contribution < -0.4 is 5.73 Å². The number of hydrogen-bond donors (Lipinski definition) is 1. The van der Waals surface area contributed by atoms with Crippen LogP contribution >= 0.6 is 0 Å². The Bertz CT molecular complexity index is 273. The fourth-order valence-corrected chi connectivity index (χ4v) is 4.13. The van der Waals surface area contributed by atoms with Gasteiger partial charge in [0.15, 0.2) is 0 Å². The molecule has 3 nitrogen and oxygen atoms in total. The lowest BCUT2D eigenvalue weighted by molar-refractivity contribution is 0.132. The van der Waals surface area contributed by atoms with E-state index in [4.69, 9.17) is 5.73 Å². The molecule has 3 heteroatoms. The van der Waals surface area contributed by atoms with Gasteiger partial charge in [-0.15, -0.1) is 0 Å². The number of nitrogens with two attached hydrogens (primary N) is 1. The summed E-state index contributed by atoms with van der Waals surface area (Å²) >= 11 is 0. The number of likely N-dealkylation sites (tertiary alicyclic amines) is 1. The molecule has 1 aliphatic carbocycles. The van der Waals surface area contributed by atoms with Gasteiger partial charge in [-0.25, -0.2) is 0 Å². The van der Waals surface area contributed by atoms with Gasteiger partial charge in [-0.3, -0.25) is 0 Å².